The van der Waals surface area contributed by atoms with Crippen LogP contribution in [0.15, 0.2) is 36.5 Å². The SMILES string of the molecule is CC(C)CNC1(CO)CCN(Cc2cccc3ncccc23)CC1. The molecule has 24 heavy (non-hydrogen) atoms. The van der Waals surface area contributed by atoms with Gasteiger partial charge in [0.05, 0.1) is 12.1 Å². The minimum absolute atomic E-state index is 0.0961. The lowest BCUT2D eigenvalue weighted by Crippen LogP contribution is -2.56. The normalized spacial score (nSPS) is 18.3. The Morgan fingerprint density at radius 1 is 1.21 bits per heavy atom. The topological polar surface area (TPSA) is 48.4 Å². The smallest absolute Gasteiger partial charge is 0.0705 e. The Bertz CT molecular complexity index is 657. The van der Waals surface area contributed by atoms with E-state index in [1.807, 2.05) is 12.3 Å². The van der Waals surface area contributed by atoms with E-state index in [1.165, 1.54) is 10.9 Å². The fraction of sp³-hybridized carbons (Fsp3) is 0.550. The Balaban J connectivity index is 1.64. The van der Waals surface area contributed by atoms with Gasteiger partial charge in [-0.05, 0) is 43.0 Å². The zero-order chi connectivity index (χ0) is 17.0. The van der Waals surface area contributed by atoms with Gasteiger partial charge in [0.15, 0.2) is 0 Å². The highest BCUT2D eigenvalue weighted by atomic mass is 16.3. The van der Waals surface area contributed by atoms with Crippen molar-refractivity contribution < 1.29 is 5.11 Å². The molecule has 0 spiro atoms. The van der Waals surface area contributed by atoms with Gasteiger partial charge in [0.1, 0.15) is 0 Å². The summed E-state index contributed by atoms with van der Waals surface area (Å²) >= 11 is 0. The van der Waals surface area contributed by atoms with Gasteiger partial charge in [0.25, 0.3) is 0 Å². The van der Waals surface area contributed by atoms with Crippen LogP contribution in [0.5, 0.6) is 0 Å². The molecule has 2 heterocycles. The lowest BCUT2D eigenvalue weighted by Gasteiger charge is -2.42. The van der Waals surface area contributed by atoms with E-state index in [0.717, 1.165) is 44.5 Å². The average molecular weight is 327 g/mol. The van der Waals surface area contributed by atoms with Gasteiger partial charge in [-0.15, -0.1) is 0 Å². The number of piperidine rings is 1. The Hall–Kier alpha value is -1.49. The van der Waals surface area contributed by atoms with Gasteiger partial charge in [0.2, 0.25) is 0 Å². The van der Waals surface area contributed by atoms with Gasteiger partial charge in [-0.1, -0.05) is 32.0 Å². The van der Waals surface area contributed by atoms with Crippen LogP contribution in [0.25, 0.3) is 10.9 Å². The second kappa shape index (κ2) is 7.60. The first-order chi connectivity index (χ1) is 11.6. The molecule has 3 rings (SSSR count). The molecule has 1 fully saturated rings. The van der Waals surface area contributed by atoms with Crippen LogP contribution in [0, 0.1) is 5.92 Å². The lowest BCUT2D eigenvalue weighted by atomic mass is 9.87. The van der Waals surface area contributed by atoms with Crippen LogP contribution in [0.3, 0.4) is 0 Å². The number of nitrogens with one attached hydrogen (secondary N) is 1. The highest BCUT2D eigenvalue weighted by Gasteiger charge is 2.33. The minimum Gasteiger partial charge on any atom is -0.394 e. The number of fused-ring (bicyclic) bond motifs is 1. The first-order valence-electron chi connectivity index (χ1n) is 9.03. The van der Waals surface area contributed by atoms with Crippen LogP contribution >= 0.6 is 0 Å². The van der Waals surface area contributed by atoms with Gasteiger partial charge in [0, 0.05) is 36.8 Å². The predicted octanol–water partition coefficient (Wildman–Crippen LogP) is 2.81. The third-order valence-corrected chi connectivity index (χ3v) is 5.13. The molecule has 2 N–H and O–H groups in total. The van der Waals surface area contributed by atoms with E-state index >= 15 is 0 Å². The van der Waals surface area contributed by atoms with Gasteiger partial charge < -0.3 is 10.4 Å². The summed E-state index contributed by atoms with van der Waals surface area (Å²) in [5.74, 6) is 0.606. The zero-order valence-corrected chi connectivity index (χ0v) is 14.8. The Morgan fingerprint density at radius 3 is 2.71 bits per heavy atom. The molecule has 0 radical (unpaired) electrons. The first-order valence-corrected chi connectivity index (χ1v) is 9.03. The summed E-state index contributed by atoms with van der Waals surface area (Å²) in [6.07, 6.45) is 3.85. The zero-order valence-electron chi connectivity index (χ0n) is 14.8. The molecule has 0 bridgehead atoms. The molecule has 1 aromatic heterocycles. The Morgan fingerprint density at radius 2 is 2.00 bits per heavy atom. The van der Waals surface area contributed by atoms with Crippen molar-refractivity contribution >= 4 is 10.9 Å². The Kier molecular flexibility index (Phi) is 5.49. The number of benzene rings is 1. The second-order valence-corrected chi connectivity index (χ2v) is 7.48. The van der Waals surface area contributed by atoms with Crippen molar-refractivity contribution in [1.29, 1.82) is 0 Å². The van der Waals surface area contributed by atoms with Crippen molar-refractivity contribution in [1.82, 2.24) is 15.2 Å². The predicted molar refractivity (Wildman–Crippen MR) is 98.9 cm³/mol. The van der Waals surface area contributed by atoms with E-state index < -0.39 is 0 Å². The molecular formula is C20H29N3O. The first kappa shape index (κ1) is 17.3. The van der Waals surface area contributed by atoms with Crippen molar-refractivity contribution in [3.63, 3.8) is 0 Å². The summed E-state index contributed by atoms with van der Waals surface area (Å²) < 4.78 is 0. The third kappa shape index (κ3) is 3.94. The maximum atomic E-state index is 9.88. The second-order valence-electron chi connectivity index (χ2n) is 7.48. The highest BCUT2D eigenvalue weighted by molar-refractivity contribution is 5.81. The van der Waals surface area contributed by atoms with Crippen molar-refractivity contribution in [2.24, 2.45) is 5.92 Å². The number of hydrogen-bond donors (Lipinski definition) is 2. The quantitative estimate of drug-likeness (QED) is 0.856. The van der Waals surface area contributed by atoms with Gasteiger partial charge >= 0.3 is 0 Å². The average Bonchev–Trinajstić information content (AvgIpc) is 2.62. The highest BCUT2D eigenvalue weighted by Crippen LogP contribution is 2.25. The molecule has 0 amide bonds. The molecule has 130 valence electrons. The fourth-order valence-electron chi connectivity index (χ4n) is 3.50. The number of aliphatic hydroxyl groups excluding tert-OH is 1. The van der Waals surface area contributed by atoms with Crippen LogP contribution in [0.4, 0.5) is 0 Å². The van der Waals surface area contributed by atoms with Crippen molar-refractivity contribution in [2.75, 3.05) is 26.2 Å². The van der Waals surface area contributed by atoms with E-state index in [1.54, 1.807) is 0 Å². The molecular weight excluding hydrogens is 298 g/mol. The standard InChI is InChI=1S/C20H29N3O/c1-16(2)13-22-20(15-24)8-11-23(12-9-20)14-17-5-3-7-19-18(17)6-4-10-21-19/h3-7,10,16,22,24H,8-9,11-15H2,1-2H3. The van der Waals surface area contributed by atoms with Gasteiger partial charge in [-0.3, -0.25) is 9.88 Å². The number of aliphatic hydroxyl groups is 1. The third-order valence-electron chi connectivity index (χ3n) is 5.13. The van der Waals surface area contributed by atoms with E-state index in [-0.39, 0.29) is 12.1 Å². The molecule has 4 nitrogen and oxygen atoms in total. The summed E-state index contributed by atoms with van der Waals surface area (Å²) in [6, 6.07) is 10.5. The minimum atomic E-state index is -0.0961. The maximum absolute atomic E-state index is 9.88. The number of nitrogens with zero attached hydrogens (tertiary/aromatic N) is 2. The summed E-state index contributed by atoms with van der Waals surface area (Å²) in [5.41, 5.74) is 2.31. The molecule has 0 aliphatic carbocycles. The molecule has 0 atom stereocenters. The molecule has 1 aliphatic heterocycles. The van der Waals surface area contributed by atoms with Crippen LogP contribution in [-0.4, -0.2) is 46.8 Å². The summed E-state index contributed by atoms with van der Waals surface area (Å²) in [6.45, 7) is 8.60. The summed E-state index contributed by atoms with van der Waals surface area (Å²) in [7, 11) is 0. The number of hydrogen-bond acceptors (Lipinski definition) is 4. The van der Waals surface area contributed by atoms with Crippen molar-refractivity contribution in [2.45, 2.75) is 38.8 Å². The van der Waals surface area contributed by atoms with Gasteiger partial charge in [-0.2, -0.15) is 0 Å². The summed E-state index contributed by atoms with van der Waals surface area (Å²) in [5, 5.41) is 14.7. The molecule has 1 saturated heterocycles. The van der Waals surface area contributed by atoms with Gasteiger partial charge in [-0.25, -0.2) is 0 Å². The van der Waals surface area contributed by atoms with E-state index in [0.29, 0.717) is 5.92 Å². The number of aromatic nitrogens is 1. The van der Waals surface area contributed by atoms with Crippen LogP contribution in [-0.2, 0) is 6.54 Å². The molecule has 1 aromatic carbocycles. The lowest BCUT2D eigenvalue weighted by molar-refractivity contribution is 0.0735. The van der Waals surface area contributed by atoms with E-state index in [4.69, 9.17) is 0 Å². The fourth-order valence-corrected chi connectivity index (χ4v) is 3.50. The Labute approximate surface area is 144 Å². The molecule has 0 unspecified atom stereocenters. The maximum Gasteiger partial charge on any atom is 0.0705 e. The van der Waals surface area contributed by atoms with Crippen LogP contribution in [0.1, 0.15) is 32.3 Å². The van der Waals surface area contributed by atoms with Crippen LogP contribution in [0.2, 0.25) is 0 Å². The number of likely N-dealkylation sites (tertiary alicyclic amines) is 1. The van der Waals surface area contributed by atoms with Crippen molar-refractivity contribution in [3.8, 4) is 0 Å². The molecule has 1 aliphatic rings. The van der Waals surface area contributed by atoms with Crippen LogP contribution < -0.4 is 5.32 Å². The van der Waals surface area contributed by atoms with E-state index in [2.05, 4.69) is 53.3 Å². The summed E-state index contributed by atoms with van der Waals surface area (Å²) in [4.78, 5) is 6.94. The number of rotatable bonds is 6. The van der Waals surface area contributed by atoms with Crippen molar-refractivity contribution in [3.05, 3.63) is 42.1 Å². The molecule has 2 aromatic rings. The number of pyridine rings is 1. The molecule has 4 heteroatoms. The van der Waals surface area contributed by atoms with E-state index in [9.17, 15) is 5.11 Å². The molecule has 0 saturated carbocycles. The monoisotopic (exact) mass is 327 g/mol. The largest absolute Gasteiger partial charge is 0.394 e.